The molecule has 1 aliphatic heterocycles. The van der Waals surface area contributed by atoms with Crippen molar-refractivity contribution in [1.82, 2.24) is 23.8 Å². The van der Waals surface area contributed by atoms with Gasteiger partial charge >= 0.3 is 0 Å². The highest BCUT2D eigenvalue weighted by Crippen LogP contribution is 2.24. The fourth-order valence-corrected chi connectivity index (χ4v) is 3.82. The van der Waals surface area contributed by atoms with Crippen LogP contribution in [0.2, 0.25) is 0 Å². The van der Waals surface area contributed by atoms with Gasteiger partial charge in [-0.15, -0.1) is 0 Å². The number of hydrogen-bond donors (Lipinski definition) is 1. The van der Waals surface area contributed by atoms with Crippen molar-refractivity contribution in [2.45, 2.75) is 6.10 Å². The molecule has 23 heavy (non-hydrogen) atoms. The van der Waals surface area contributed by atoms with Crippen LogP contribution in [0.15, 0.2) is 12.5 Å². The maximum atomic E-state index is 12.0. The summed E-state index contributed by atoms with van der Waals surface area (Å²) in [5.41, 5.74) is 1.40. The van der Waals surface area contributed by atoms with Crippen LogP contribution < -0.4 is 4.90 Å². The fourth-order valence-electron chi connectivity index (χ4n) is 2.66. The third-order valence-corrected chi connectivity index (χ3v) is 6.10. The second-order valence-electron chi connectivity index (χ2n) is 6.03. The molecule has 2 atom stereocenters. The molecule has 0 bridgehead atoms. The zero-order chi connectivity index (χ0) is 16.8. The van der Waals surface area contributed by atoms with E-state index < -0.39 is 16.1 Å². The number of rotatable bonds is 4. The van der Waals surface area contributed by atoms with Crippen LogP contribution in [0.5, 0.6) is 0 Å². The quantitative estimate of drug-likeness (QED) is 0.765. The van der Waals surface area contributed by atoms with Gasteiger partial charge in [0.1, 0.15) is 5.52 Å². The van der Waals surface area contributed by atoms with E-state index in [1.54, 1.807) is 17.4 Å². The van der Waals surface area contributed by atoms with Crippen molar-refractivity contribution in [1.29, 1.82) is 0 Å². The molecule has 9 nitrogen and oxygen atoms in total. The van der Waals surface area contributed by atoms with Crippen molar-refractivity contribution >= 4 is 27.1 Å². The van der Waals surface area contributed by atoms with Crippen LogP contribution in [-0.4, -0.2) is 76.4 Å². The van der Waals surface area contributed by atoms with E-state index in [0.717, 1.165) is 5.52 Å². The summed E-state index contributed by atoms with van der Waals surface area (Å²) >= 11 is 0. The number of sulfonamides is 1. The molecule has 0 aliphatic carbocycles. The molecule has 0 aromatic carbocycles. The molecule has 126 valence electrons. The number of anilines is 1. The first kappa shape index (κ1) is 16.1. The number of β-amino-alcohol motifs (C(OH)–C–C–N with tert-alkyl or cyclic N) is 1. The van der Waals surface area contributed by atoms with Gasteiger partial charge < -0.3 is 14.6 Å². The lowest BCUT2D eigenvalue weighted by Gasteiger charge is -2.17. The second kappa shape index (κ2) is 5.69. The van der Waals surface area contributed by atoms with Gasteiger partial charge in [0.2, 0.25) is 16.0 Å². The van der Waals surface area contributed by atoms with Crippen molar-refractivity contribution in [2.75, 3.05) is 37.8 Å². The van der Waals surface area contributed by atoms with E-state index in [2.05, 4.69) is 15.0 Å². The molecule has 0 saturated carbocycles. The highest BCUT2D eigenvalue weighted by molar-refractivity contribution is 7.89. The molecule has 1 saturated heterocycles. The topological polar surface area (TPSA) is 104 Å². The summed E-state index contributed by atoms with van der Waals surface area (Å²) < 4.78 is 27.0. The minimum Gasteiger partial charge on any atom is -0.391 e. The molecular weight excluding hydrogens is 320 g/mol. The number of aryl methyl sites for hydroxylation is 1. The molecule has 0 unspecified atom stereocenters. The Labute approximate surface area is 134 Å². The molecule has 2 aromatic rings. The zero-order valence-electron chi connectivity index (χ0n) is 13.3. The van der Waals surface area contributed by atoms with Gasteiger partial charge in [0.15, 0.2) is 5.65 Å². The standard InChI is InChI=1S/C13H20N6O3S/c1-17(2)23(21,22)7-9-5-19(6-11(9)20)13-14-4-10-12(16-13)15-8-18(10)3/h4,8-9,11,20H,5-7H2,1-3H3/t9-,11+/m0/s1. The number of aromatic nitrogens is 4. The number of fused-ring (bicyclic) bond motifs is 1. The third-order valence-electron chi connectivity index (χ3n) is 4.14. The summed E-state index contributed by atoms with van der Waals surface area (Å²) in [6, 6.07) is 0. The fraction of sp³-hybridized carbons (Fsp3) is 0.615. The van der Waals surface area contributed by atoms with E-state index in [4.69, 9.17) is 0 Å². The first-order valence-corrected chi connectivity index (χ1v) is 8.86. The van der Waals surface area contributed by atoms with Crippen LogP contribution in [0.25, 0.3) is 11.2 Å². The SMILES string of the molecule is CN(C)S(=O)(=O)C[C@@H]1CN(c2ncc3c(ncn3C)n2)C[C@H]1O. The van der Waals surface area contributed by atoms with Gasteiger partial charge in [-0.05, 0) is 0 Å². The average Bonchev–Trinajstić information content (AvgIpc) is 3.02. The Hall–Kier alpha value is -1.78. The molecule has 3 rings (SSSR count). The summed E-state index contributed by atoms with van der Waals surface area (Å²) in [5, 5.41) is 10.2. The van der Waals surface area contributed by atoms with Crippen molar-refractivity contribution in [3.63, 3.8) is 0 Å². The molecule has 1 aliphatic rings. The van der Waals surface area contributed by atoms with Gasteiger partial charge in [-0.1, -0.05) is 0 Å². The number of nitrogens with zero attached hydrogens (tertiary/aromatic N) is 6. The Morgan fingerprint density at radius 3 is 2.78 bits per heavy atom. The lowest BCUT2D eigenvalue weighted by molar-refractivity contribution is 0.157. The predicted octanol–water partition coefficient (Wildman–Crippen LogP) is -0.948. The van der Waals surface area contributed by atoms with Gasteiger partial charge in [-0.2, -0.15) is 4.98 Å². The highest BCUT2D eigenvalue weighted by Gasteiger charge is 2.36. The number of imidazole rings is 1. The van der Waals surface area contributed by atoms with Gasteiger partial charge in [0.25, 0.3) is 0 Å². The lowest BCUT2D eigenvalue weighted by Crippen LogP contribution is -2.33. The minimum absolute atomic E-state index is 0.0938. The molecule has 3 heterocycles. The van der Waals surface area contributed by atoms with Crippen LogP contribution in [0.3, 0.4) is 0 Å². The normalized spacial score (nSPS) is 22.4. The largest absolute Gasteiger partial charge is 0.391 e. The van der Waals surface area contributed by atoms with Crippen LogP contribution in [0.4, 0.5) is 5.95 Å². The predicted molar refractivity (Wildman–Crippen MR) is 85.5 cm³/mol. The zero-order valence-corrected chi connectivity index (χ0v) is 14.1. The first-order valence-electron chi connectivity index (χ1n) is 7.25. The van der Waals surface area contributed by atoms with Crippen molar-refractivity contribution < 1.29 is 13.5 Å². The Balaban J connectivity index is 1.79. The van der Waals surface area contributed by atoms with Crippen molar-refractivity contribution in [2.24, 2.45) is 13.0 Å². The molecule has 1 N–H and O–H groups in total. The first-order chi connectivity index (χ1) is 10.8. The summed E-state index contributed by atoms with van der Waals surface area (Å²) in [6.45, 7) is 0.707. The third kappa shape index (κ3) is 3.01. The molecule has 0 spiro atoms. The highest BCUT2D eigenvalue weighted by atomic mass is 32.2. The van der Waals surface area contributed by atoms with Crippen LogP contribution in [0, 0.1) is 5.92 Å². The lowest BCUT2D eigenvalue weighted by atomic mass is 10.1. The van der Waals surface area contributed by atoms with E-state index in [0.29, 0.717) is 24.7 Å². The van der Waals surface area contributed by atoms with Crippen LogP contribution in [0.1, 0.15) is 0 Å². The van der Waals surface area contributed by atoms with E-state index >= 15 is 0 Å². The van der Waals surface area contributed by atoms with Gasteiger partial charge in [-0.3, -0.25) is 0 Å². The maximum Gasteiger partial charge on any atom is 0.227 e. The molecule has 0 amide bonds. The van der Waals surface area contributed by atoms with Gasteiger partial charge in [-0.25, -0.2) is 22.7 Å². The van der Waals surface area contributed by atoms with Crippen molar-refractivity contribution in [3.8, 4) is 0 Å². The van der Waals surface area contributed by atoms with E-state index in [1.807, 2.05) is 11.6 Å². The van der Waals surface area contributed by atoms with Gasteiger partial charge in [0, 0.05) is 40.2 Å². The number of aliphatic hydroxyl groups excluding tert-OH is 1. The Kier molecular flexibility index (Phi) is 3.98. The summed E-state index contributed by atoms with van der Waals surface area (Å²) in [5.74, 6) is -0.00539. The second-order valence-corrected chi connectivity index (χ2v) is 8.26. The van der Waals surface area contributed by atoms with E-state index in [1.165, 1.54) is 18.4 Å². The van der Waals surface area contributed by atoms with Crippen molar-refractivity contribution in [3.05, 3.63) is 12.5 Å². The molecule has 1 fully saturated rings. The number of hydrogen-bond acceptors (Lipinski definition) is 7. The number of aliphatic hydroxyl groups is 1. The Morgan fingerprint density at radius 1 is 1.35 bits per heavy atom. The summed E-state index contributed by atoms with van der Waals surface area (Å²) in [6.07, 6.45) is 2.61. The van der Waals surface area contributed by atoms with E-state index in [9.17, 15) is 13.5 Å². The van der Waals surface area contributed by atoms with Crippen LogP contribution >= 0.6 is 0 Å². The van der Waals surface area contributed by atoms with E-state index in [-0.39, 0.29) is 11.7 Å². The monoisotopic (exact) mass is 340 g/mol. The molecule has 0 radical (unpaired) electrons. The summed E-state index contributed by atoms with van der Waals surface area (Å²) in [4.78, 5) is 14.7. The molecule has 2 aromatic heterocycles. The maximum absolute atomic E-state index is 12.0. The Bertz CT molecular complexity index is 818. The summed E-state index contributed by atoms with van der Waals surface area (Å²) in [7, 11) is 1.49. The minimum atomic E-state index is -3.36. The molecule has 10 heteroatoms. The smallest absolute Gasteiger partial charge is 0.227 e. The molecular formula is C13H20N6O3S. The van der Waals surface area contributed by atoms with Gasteiger partial charge in [0.05, 0.1) is 24.4 Å². The average molecular weight is 340 g/mol. The van der Waals surface area contributed by atoms with Crippen LogP contribution in [-0.2, 0) is 17.1 Å². The Morgan fingerprint density at radius 2 is 2.09 bits per heavy atom.